The van der Waals surface area contributed by atoms with Gasteiger partial charge >= 0.3 is 12.0 Å². The van der Waals surface area contributed by atoms with E-state index in [9.17, 15) is 9.59 Å². The van der Waals surface area contributed by atoms with E-state index in [1.165, 1.54) is 7.11 Å². The van der Waals surface area contributed by atoms with Crippen LogP contribution < -0.4 is 20.1 Å². The number of amides is 2. The lowest BCUT2D eigenvalue weighted by Crippen LogP contribution is -2.45. The molecule has 0 bridgehead atoms. The molecule has 0 saturated heterocycles. The summed E-state index contributed by atoms with van der Waals surface area (Å²) in [6.07, 6.45) is 3.52. The van der Waals surface area contributed by atoms with Crippen LogP contribution in [-0.2, 0) is 9.53 Å². The highest BCUT2D eigenvalue weighted by Crippen LogP contribution is 2.35. The minimum Gasteiger partial charge on any atom is -0.497 e. The fourth-order valence-corrected chi connectivity index (χ4v) is 2.56. The summed E-state index contributed by atoms with van der Waals surface area (Å²) in [5.41, 5.74) is 1.36. The van der Waals surface area contributed by atoms with E-state index in [4.69, 9.17) is 14.2 Å². The molecule has 2 N–H and O–H groups in total. The van der Waals surface area contributed by atoms with Crippen LogP contribution in [0.4, 0.5) is 4.79 Å². The molecular weight excluding hydrogens is 324 g/mol. The number of nitrogens with one attached hydrogen (secondary N) is 2. The number of methoxy groups -OCH3 is 2. The van der Waals surface area contributed by atoms with Gasteiger partial charge in [0, 0.05) is 11.3 Å². The molecular formula is C18H22N2O5. The smallest absolute Gasteiger partial charge is 0.338 e. The Bertz CT molecular complexity index is 724. The largest absolute Gasteiger partial charge is 0.497 e. The second-order valence-electron chi connectivity index (χ2n) is 5.35. The summed E-state index contributed by atoms with van der Waals surface area (Å²) < 4.78 is 15.9. The number of esters is 1. The van der Waals surface area contributed by atoms with Crippen LogP contribution in [0.3, 0.4) is 0 Å². The molecule has 2 amide bonds. The molecule has 134 valence electrons. The molecule has 1 heterocycles. The van der Waals surface area contributed by atoms with E-state index in [0.29, 0.717) is 28.3 Å². The zero-order valence-corrected chi connectivity index (χ0v) is 14.7. The van der Waals surface area contributed by atoms with E-state index in [1.807, 2.05) is 6.92 Å². The van der Waals surface area contributed by atoms with Crippen LogP contribution in [0.15, 0.2) is 41.6 Å². The number of hydrogen-bond donors (Lipinski definition) is 2. The maximum Gasteiger partial charge on any atom is 0.338 e. The summed E-state index contributed by atoms with van der Waals surface area (Å²) in [5, 5.41) is 5.35. The molecule has 1 aliphatic heterocycles. The van der Waals surface area contributed by atoms with Crippen LogP contribution in [0.2, 0.25) is 0 Å². The van der Waals surface area contributed by atoms with Gasteiger partial charge in [-0.2, -0.15) is 0 Å². The molecule has 1 aliphatic rings. The normalized spacial score (nSPS) is 17.1. The second kappa shape index (κ2) is 8.23. The SMILES string of the molecule is C/C=C/COC(=O)C1=C(C)NC(=O)N[C@@H]1c1cc(OC)ccc1OC. The van der Waals surface area contributed by atoms with Gasteiger partial charge in [-0.25, -0.2) is 9.59 Å². The Hall–Kier alpha value is -2.96. The Labute approximate surface area is 146 Å². The molecule has 7 heteroatoms. The third kappa shape index (κ3) is 4.12. The van der Waals surface area contributed by atoms with Gasteiger partial charge in [0.1, 0.15) is 18.1 Å². The average molecular weight is 346 g/mol. The highest BCUT2D eigenvalue weighted by atomic mass is 16.5. The van der Waals surface area contributed by atoms with Crippen LogP contribution in [0.1, 0.15) is 25.5 Å². The zero-order chi connectivity index (χ0) is 18.4. The molecule has 25 heavy (non-hydrogen) atoms. The minimum absolute atomic E-state index is 0.155. The van der Waals surface area contributed by atoms with Crippen molar-refractivity contribution in [3.05, 3.63) is 47.2 Å². The monoisotopic (exact) mass is 346 g/mol. The summed E-state index contributed by atoms with van der Waals surface area (Å²) >= 11 is 0. The molecule has 0 unspecified atom stereocenters. The van der Waals surface area contributed by atoms with E-state index in [1.54, 1.807) is 44.4 Å². The van der Waals surface area contributed by atoms with Crippen molar-refractivity contribution in [1.82, 2.24) is 10.6 Å². The quantitative estimate of drug-likeness (QED) is 0.610. The molecule has 0 spiro atoms. The third-order valence-corrected chi connectivity index (χ3v) is 3.78. The number of carbonyl (C=O) groups excluding carboxylic acids is 2. The fourth-order valence-electron chi connectivity index (χ4n) is 2.56. The Morgan fingerprint density at radius 3 is 2.68 bits per heavy atom. The number of benzene rings is 1. The first-order chi connectivity index (χ1) is 12.0. The number of hydrogen-bond acceptors (Lipinski definition) is 5. The van der Waals surface area contributed by atoms with Gasteiger partial charge in [-0.1, -0.05) is 12.2 Å². The van der Waals surface area contributed by atoms with Gasteiger partial charge in [0.05, 0.1) is 25.8 Å². The summed E-state index contributed by atoms with van der Waals surface area (Å²) in [6, 6.07) is 4.07. The highest BCUT2D eigenvalue weighted by molar-refractivity contribution is 5.95. The number of ether oxygens (including phenoxy) is 3. The summed E-state index contributed by atoms with van der Waals surface area (Å²) in [4.78, 5) is 24.5. The first kappa shape index (κ1) is 18.4. The van der Waals surface area contributed by atoms with Crippen LogP contribution in [0.5, 0.6) is 11.5 Å². The third-order valence-electron chi connectivity index (χ3n) is 3.78. The summed E-state index contributed by atoms with van der Waals surface area (Å²) in [5.74, 6) is 0.598. The van der Waals surface area contributed by atoms with Crippen LogP contribution in [-0.4, -0.2) is 32.8 Å². The molecule has 0 saturated carbocycles. The predicted molar refractivity (Wildman–Crippen MR) is 92.4 cm³/mol. The van der Waals surface area contributed by atoms with Gasteiger partial charge < -0.3 is 24.8 Å². The highest BCUT2D eigenvalue weighted by Gasteiger charge is 2.34. The molecule has 0 aromatic heterocycles. The van der Waals surface area contributed by atoms with E-state index >= 15 is 0 Å². The molecule has 1 aromatic rings. The van der Waals surface area contributed by atoms with Crippen molar-refractivity contribution in [2.45, 2.75) is 19.9 Å². The van der Waals surface area contributed by atoms with Gasteiger partial charge in [-0.05, 0) is 32.0 Å². The van der Waals surface area contributed by atoms with Gasteiger partial charge in [-0.3, -0.25) is 0 Å². The lowest BCUT2D eigenvalue weighted by Gasteiger charge is -2.29. The maximum atomic E-state index is 12.6. The van der Waals surface area contributed by atoms with E-state index < -0.39 is 18.0 Å². The van der Waals surface area contributed by atoms with Crippen LogP contribution in [0, 0.1) is 0 Å². The van der Waals surface area contributed by atoms with Gasteiger partial charge in [-0.15, -0.1) is 0 Å². The molecule has 0 radical (unpaired) electrons. The predicted octanol–water partition coefficient (Wildman–Crippen LogP) is 2.45. The first-order valence-corrected chi connectivity index (χ1v) is 7.80. The van der Waals surface area contributed by atoms with Gasteiger partial charge in [0.2, 0.25) is 0 Å². The Morgan fingerprint density at radius 2 is 2.04 bits per heavy atom. The molecule has 0 fully saturated rings. The Kier molecular flexibility index (Phi) is 6.05. The van der Waals surface area contributed by atoms with Crippen LogP contribution in [0.25, 0.3) is 0 Å². The summed E-state index contributed by atoms with van der Waals surface area (Å²) in [6.45, 7) is 3.65. The van der Waals surface area contributed by atoms with Crippen molar-refractivity contribution < 1.29 is 23.8 Å². The van der Waals surface area contributed by atoms with Crippen molar-refractivity contribution in [2.75, 3.05) is 20.8 Å². The lowest BCUT2D eigenvalue weighted by molar-refractivity contribution is -0.138. The van der Waals surface area contributed by atoms with E-state index in [0.717, 1.165) is 0 Å². The molecule has 7 nitrogen and oxygen atoms in total. The van der Waals surface area contributed by atoms with Gasteiger partial charge in [0.25, 0.3) is 0 Å². The van der Waals surface area contributed by atoms with Crippen molar-refractivity contribution in [3.63, 3.8) is 0 Å². The van der Waals surface area contributed by atoms with Crippen molar-refractivity contribution in [1.29, 1.82) is 0 Å². The van der Waals surface area contributed by atoms with Crippen molar-refractivity contribution in [2.24, 2.45) is 0 Å². The number of carbonyl (C=O) groups is 2. The summed E-state index contributed by atoms with van der Waals surface area (Å²) in [7, 11) is 3.06. The number of allylic oxidation sites excluding steroid dienone is 2. The number of urea groups is 1. The minimum atomic E-state index is -0.711. The van der Waals surface area contributed by atoms with Crippen LogP contribution >= 0.6 is 0 Å². The zero-order valence-electron chi connectivity index (χ0n) is 14.7. The molecule has 1 aromatic carbocycles. The Balaban J connectivity index is 2.47. The van der Waals surface area contributed by atoms with Crippen molar-refractivity contribution >= 4 is 12.0 Å². The number of rotatable bonds is 6. The molecule has 2 rings (SSSR count). The average Bonchev–Trinajstić information content (AvgIpc) is 2.60. The molecule has 0 aliphatic carbocycles. The van der Waals surface area contributed by atoms with Gasteiger partial charge in [0.15, 0.2) is 0 Å². The van der Waals surface area contributed by atoms with E-state index in [2.05, 4.69) is 10.6 Å². The fraction of sp³-hybridized carbons (Fsp3) is 0.333. The first-order valence-electron chi connectivity index (χ1n) is 7.80. The maximum absolute atomic E-state index is 12.6. The second-order valence-corrected chi connectivity index (χ2v) is 5.35. The van der Waals surface area contributed by atoms with Crippen molar-refractivity contribution in [3.8, 4) is 11.5 Å². The topological polar surface area (TPSA) is 85.9 Å². The molecule has 1 atom stereocenters. The lowest BCUT2D eigenvalue weighted by atomic mass is 9.94. The van der Waals surface area contributed by atoms with E-state index in [-0.39, 0.29) is 6.61 Å². The standard InChI is InChI=1S/C18H22N2O5/c1-5-6-9-25-17(21)15-11(2)19-18(22)20-16(15)13-10-12(23-3)7-8-14(13)24-4/h5-8,10,16H,9H2,1-4H3,(H2,19,20,22)/b6-5+/t16-/m1/s1. The Morgan fingerprint density at radius 1 is 1.28 bits per heavy atom.